The summed E-state index contributed by atoms with van der Waals surface area (Å²) in [6, 6.07) is -0.830. The molecule has 1 saturated heterocycles. The molecule has 0 aromatic heterocycles. The van der Waals surface area contributed by atoms with Crippen molar-refractivity contribution in [3.8, 4) is 0 Å². The van der Waals surface area contributed by atoms with E-state index in [1.165, 1.54) is 141 Å². The van der Waals surface area contributed by atoms with Crippen LogP contribution in [0.1, 0.15) is 226 Å². The second kappa shape index (κ2) is 43.1. The Morgan fingerprint density at radius 3 is 1.35 bits per heavy atom. The molecule has 1 aliphatic rings. The molecule has 0 bridgehead atoms. The van der Waals surface area contributed by atoms with Crippen LogP contribution in [0.4, 0.5) is 0 Å². The van der Waals surface area contributed by atoms with Gasteiger partial charge in [0, 0.05) is 6.42 Å². The molecule has 0 saturated carbocycles. The van der Waals surface area contributed by atoms with Gasteiger partial charge in [0.1, 0.15) is 24.4 Å². The number of allylic oxidation sites excluding steroid dienone is 7. The van der Waals surface area contributed by atoms with Crippen LogP contribution >= 0.6 is 0 Å². The van der Waals surface area contributed by atoms with E-state index in [0.717, 1.165) is 64.2 Å². The Balaban J connectivity index is 2.32. The molecule has 9 nitrogen and oxygen atoms in total. The predicted molar refractivity (Wildman–Crippen MR) is 258 cm³/mol. The Bertz CT molecular complexity index is 1110. The van der Waals surface area contributed by atoms with Gasteiger partial charge in [-0.05, 0) is 70.6 Å². The molecule has 1 fully saturated rings. The highest BCUT2D eigenvalue weighted by Gasteiger charge is 2.44. The highest BCUT2D eigenvalue weighted by atomic mass is 16.7. The highest BCUT2D eigenvalue weighted by molar-refractivity contribution is 5.76. The third-order valence-corrected chi connectivity index (χ3v) is 12.1. The lowest BCUT2D eigenvalue weighted by molar-refractivity contribution is -0.302. The van der Waals surface area contributed by atoms with Gasteiger partial charge in [-0.3, -0.25) is 4.79 Å². The normalized spacial score (nSPS) is 20.7. The lowest BCUT2D eigenvalue weighted by Crippen LogP contribution is -2.60. The van der Waals surface area contributed by atoms with Gasteiger partial charge >= 0.3 is 0 Å². The highest BCUT2D eigenvalue weighted by Crippen LogP contribution is 2.23. The number of unbranched alkanes of at least 4 members (excludes halogenated alkanes) is 27. The fourth-order valence-corrected chi connectivity index (χ4v) is 7.95. The molecule has 1 amide bonds. The number of aliphatic hydroxyl groups is 5. The molecular weight excluding hydrogens is 779 g/mol. The van der Waals surface area contributed by atoms with E-state index in [1.54, 1.807) is 6.08 Å². The molecule has 362 valence electrons. The number of hydrogen-bond acceptors (Lipinski definition) is 8. The van der Waals surface area contributed by atoms with E-state index in [2.05, 4.69) is 55.6 Å². The van der Waals surface area contributed by atoms with Crippen molar-refractivity contribution in [1.82, 2.24) is 5.32 Å². The summed E-state index contributed by atoms with van der Waals surface area (Å²) in [4.78, 5) is 13.0. The quantitative estimate of drug-likeness (QED) is 0.0262. The lowest BCUT2D eigenvalue weighted by atomic mass is 9.99. The zero-order valence-corrected chi connectivity index (χ0v) is 39.9. The molecule has 7 unspecified atom stereocenters. The summed E-state index contributed by atoms with van der Waals surface area (Å²) >= 11 is 0. The van der Waals surface area contributed by atoms with Crippen LogP contribution in [0.3, 0.4) is 0 Å². The van der Waals surface area contributed by atoms with Gasteiger partial charge in [0.05, 0.1) is 25.4 Å². The molecule has 62 heavy (non-hydrogen) atoms. The van der Waals surface area contributed by atoms with Crippen LogP contribution in [0.2, 0.25) is 0 Å². The summed E-state index contributed by atoms with van der Waals surface area (Å²) < 4.78 is 11.2. The van der Waals surface area contributed by atoms with Gasteiger partial charge in [0.15, 0.2) is 6.29 Å². The van der Waals surface area contributed by atoms with Gasteiger partial charge in [0.2, 0.25) is 5.91 Å². The first-order valence-electron chi connectivity index (χ1n) is 25.9. The fourth-order valence-electron chi connectivity index (χ4n) is 7.95. The summed E-state index contributed by atoms with van der Waals surface area (Å²) in [5.74, 6) is -0.195. The number of ether oxygens (including phenoxy) is 2. The molecule has 9 heteroatoms. The monoisotopic (exact) mass is 876 g/mol. The van der Waals surface area contributed by atoms with Crippen molar-refractivity contribution in [3.05, 3.63) is 48.6 Å². The van der Waals surface area contributed by atoms with Crippen molar-refractivity contribution in [2.45, 2.75) is 269 Å². The molecule has 6 N–H and O–H groups in total. The molecule has 1 heterocycles. The number of hydrogen-bond donors (Lipinski definition) is 6. The number of carbonyl (C=O) groups is 1. The number of rotatable bonds is 43. The first kappa shape index (κ1) is 58.2. The molecule has 0 aromatic carbocycles. The molecule has 0 aromatic rings. The average Bonchev–Trinajstić information content (AvgIpc) is 3.27. The van der Waals surface area contributed by atoms with E-state index in [-0.39, 0.29) is 12.5 Å². The second-order valence-electron chi connectivity index (χ2n) is 17.9. The third kappa shape index (κ3) is 32.8. The summed E-state index contributed by atoms with van der Waals surface area (Å²) in [7, 11) is 0. The van der Waals surface area contributed by atoms with E-state index in [0.29, 0.717) is 6.42 Å². The van der Waals surface area contributed by atoms with Gasteiger partial charge in [0.25, 0.3) is 0 Å². The predicted octanol–water partition coefficient (Wildman–Crippen LogP) is 11.8. The standard InChI is InChI=1S/C53H97NO8/c1-3-5-7-9-11-13-15-17-19-21-22-23-24-25-27-29-31-33-35-37-39-41-43-49(57)54-46(45-61-53-52(60)51(59)50(58)48(44-55)62-53)47(56)42-40-38-36-34-32-30-28-26-20-18-16-14-12-10-8-6-4-2/h20,24-26,32,34,40,42,46-48,50-53,55-56,58-60H,3-19,21-23,27-31,33,35-39,41,43-45H2,1-2H3,(H,54,57)/b25-24-,26-20+,34-32+,42-40+. The van der Waals surface area contributed by atoms with Crippen LogP contribution in [-0.2, 0) is 14.3 Å². The van der Waals surface area contributed by atoms with Crippen LogP contribution in [0.5, 0.6) is 0 Å². The minimum absolute atomic E-state index is 0.195. The first-order valence-corrected chi connectivity index (χ1v) is 25.9. The van der Waals surface area contributed by atoms with Crippen molar-refractivity contribution >= 4 is 5.91 Å². The second-order valence-corrected chi connectivity index (χ2v) is 17.9. The fraction of sp³-hybridized carbons (Fsp3) is 0.830. The van der Waals surface area contributed by atoms with E-state index >= 15 is 0 Å². The summed E-state index contributed by atoms with van der Waals surface area (Å²) in [5.41, 5.74) is 0. The molecule has 1 aliphatic heterocycles. The van der Waals surface area contributed by atoms with Crippen molar-refractivity contribution in [2.75, 3.05) is 13.2 Å². The van der Waals surface area contributed by atoms with Gasteiger partial charge in [-0.1, -0.05) is 197 Å². The van der Waals surface area contributed by atoms with Crippen molar-refractivity contribution in [2.24, 2.45) is 0 Å². The minimum Gasteiger partial charge on any atom is -0.394 e. The van der Waals surface area contributed by atoms with Crippen molar-refractivity contribution < 1.29 is 39.8 Å². The van der Waals surface area contributed by atoms with Gasteiger partial charge in [-0.2, -0.15) is 0 Å². The zero-order chi connectivity index (χ0) is 45.1. The molecular formula is C53H97NO8. The van der Waals surface area contributed by atoms with Crippen LogP contribution in [0.15, 0.2) is 48.6 Å². The maximum absolute atomic E-state index is 13.0. The Kier molecular flexibility index (Phi) is 40.4. The smallest absolute Gasteiger partial charge is 0.220 e. The van der Waals surface area contributed by atoms with E-state index in [4.69, 9.17) is 9.47 Å². The first-order chi connectivity index (χ1) is 30.3. The zero-order valence-electron chi connectivity index (χ0n) is 39.9. The summed E-state index contributed by atoms with van der Waals surface area (Å²) in [5, 5.41) is 54.3. The van der Waals surface area contributed by atoms with Crippen molar-refractivity contribution in [1.29, 1.82) is 0 Å². The molecule has 7 atom stereocenters. The summed E-state index contributed by atoms with van der Waals surface area (Å²) in [6.45, 7) is 3.75. The minimum atomic E-state index is -1.58. The maximum atomic E-state index is 13.0. The van der Waals surface area contributed by atoms with Gasteiger partial charge in [-0.25, -0.2) is 0 Å². The third-order valence-electron chi connectivity index (χ3n) is 12.1. The number of aliphatic hydroxyl groups excluding tert-OH is 5. The number of carbonyl (C=O) groups excluding carboxylic acids is 1. The SMILES string of the molecule is CCCCCCCCC/C=C/CC/C=C/CC/C=C/C(O)C(COC1OC(CO)C(O)C(O)C1O)NC(=O)CCCCCCCCC/C=C\CCCCCCCCCCCCC. The number of amides is 1. The van der Waals surface area contributed by atoms with E-state index in [9.17, 15) is 30.3 Å². The largest absolute Gasteiger partial charge is 0.394 e. The summed E-state index contributed by atoms with van der Waals surface area (Å²) in [6.07, 6.45) is 48.8. The lowest BCUT2D eigenvalue weighted by Gasteiger charge is -2.40. The molecule has 0 radical (unpaired) electrons. The molecule has 0 aliphatic carbocycles. The van der Waals surface area contributed by atoms with Gasteiger partial charge < -0.3 is 40.3 Å². The van der Waals surface area contributed by atoms with Crippen LogP contribution < -0.4 is 5.32 Å². The molecule has 0 spiro atoms. The Morgan fingerprint density at radius 1 is 0.532 bits per heavy atom. The topological polar surface area (TPSA) is 149 Å². The van der Waals surface area contributed by atoms with Crippen LogP contribution in [0.25, 0.3) is 0 Å². The van der Waals surface area contributed by atoms with E-state index < -0.39 is 49.5 Å². The maximum Gasteiger partial charge on any atom is 0.220 e. The Labute approximate surface area is 380 Å². The number of nitrogens with one attached hydrogen (secondary N) is 1. The van der Waals surface area contributed by atoms with Crippen molar-refractivity contribution in [3.63, 3.8) is 0 Å². The Hall–Kier alpha value is -1.85. The van der Waals surface area contributed by atoms with Crippen LogP contribution in [-0.4, -0.2) is 87.5 Å². The van der Waals surface area contributed by atoms with Crippen LogP contribution in [0, 0.1) is 0 Å². The van der Waals surface area contributed by atoms with Gasteiger partial charge in [-0.15, -0.1) is 0 Å². The molecule has 1 rings (SSSR count). The average molecular weight is 876 g/mol. The Morgan fingerprint density at radius 2 is 0.919 bits per heavy atom. The van der Waals surface area contributed by atoms with E-state index in [1.807, 2.05) is 6.08 Å².